The van der Waals surface area contributed by atoms with Crippen LogP contribution >= 0.6 is 0 Å². The van der Waals surface area contributed by atoms with Crippen LogP contribution in [0.15, 0.2) is 6.33 Å². The van der Waals surface area contributed by atoms with Crippen molar-refractivity contribution in [1.29, 1.82) is 0 Å². The van der Waals surface area contributed by atoms with Crippen molar-refractivity contribution in [2.45, 2.75) is 38.3 Å². The molecule has 20 heavy (non-hydrogen) atoms. The fourth-order valence-electron chi connectivity index (χ4n) is 2.75. The number of hydrogen-bond acceptors (Lipinski definition) is 7. The molecule has 8 nitrogen and oxygen atoms in total. The lowest BCUT2D eigenvalue weighted by molar-refractivity contribution is -0.385. The van der Waals surface area contributed by atoms with Gasteiger partial charge in [0.15, 0.2) is 0 Å². The predicted molar refractivity (Wildman–Crippen MR) is 73.9 cm³/mol. The minimum absolute atomic E-state index is 0.0199. The van der Waals surface area contributed by atoms with Crippen molar-refractivity contribution >= 4 is 11.5 Å². The molecule has 2 heterocycles. The van der Waals surface area contributed by atoms with Crippen molar-refractivity contribution in [3.63, 3.8) is 0 Å². The first kappa shape index (κ1) is 14.4. The summed E-state index contributed by atoms with van der Waals surface area (Å²) in [4.78, 5) is 20.7. The SMILES string of the molecule is COc1ncnc(N2C(C)CCCC2CN)c1[N+](=O)[O-]. The van der Waals surface area contributed by atoms with Gasteiger partial charge in [-0.05, 0) is 26.2 Å². The number of hydrogen-bond donors (Lipinski definition) is 1. The Kier molecular flexibility index (Phi) is 4.33. The summed E-state index contributed by atoms with van der Waals surface area (Å²) < 4.78 is 4.99. The molecule has 1 aromatic heterocycles. The Labute approximate surface area is 117 Å². The zero-order valence-corrected chi connectivity index (χ0v) is 11.7. The molecule has 0 radical (unpaired) electrons. The van der Waals surface area contributed by atoms with E-state index < -0.39 is 4.92 Å². The van der Waals surface area contributed by atoms with Crippen LogP contribution in [0.2, 0.25) is 0 Å². The number of aromatic nitrogens is 2. The van der Waals surface area contributed by atoms with E-state index in [1.807, 2.05) is 11.8 Å². The van der Waals surface area contributed by atoms with Gasteiger partial charge in [0.2, 0.25) is 5.82 Å². The first-order valence-corrected chi connectivity index (χ1v) is 6.62. The van der Waals surface area contributed by atoms with Crippen LogP contribution in [0.1, 0.15) is 26.2 Å². The highest BCUT2D eigenvalue weighted by Gasteiger charge is 2.35. The fraction of sp³-hybridized carbons (Fsp3) is 0.667. The second kappa shape index (κ2) is 6.00. The lowest BCUT2D eigenvalue weighted by atomic mass is 9.96. The third-order valence-corrected chi connectivity index (χ3v) is 3.69. The Morgan fingerprint density at radius 1 is 1.55 bits per heavy atom. The van der Waals surface area contributed by atoms with Crippen molar-refractivity contribution in [2.75, 3.05) is 18.6 Å². The maximum atomic E-state index is 11.3. The largest absolute Gasteiger partial charge is 0.476 e. The van der Waals surface area contributed by atoms with Gasteiger partial charge in [0, 0.05) is 18.6 Å². The van der Waals surface area contributed by atoms with Gasteiger partial charge in [-0.1, -0.05) is 0 Å². The third-order valence-electron chi connectivity index (χ3n) is 3.69. The highest BCUT2D eigenvalue weighted by atomic mass is 16.6. The van der Waals surface area contributed by atoms with Gasteiger partial charge in [-0.15, -0.1) is 0 Å². The topological polar surface area (TPSA) is 107 Å². The molecule has 2 atom stereocenters. The molecule has 1 saturated heterocycles. The van der Waals surface area contributed by atoms with Crippen molar-refractivity contribution in [1.82, 2.24) is 9.97 Å². The quantitative estimate of drug-likeness (QED) is 0.650. The van der Waals surface area contributed by atoms with Crippen LogP contribution in [0, 0.1) is 10.1 Å². The molecule has 2 rings (SSSR count). The molecule has 2 N–H and O–H groups in total. The van der Waals surface area contributed by atoms with Gasteiger partial charge in [-0.2, -0.15) is 4.98 Å². The van der Waals surface area contributed by atoms with Crippen molar-refractivity contribution < 1.29 is 9.66 Å². The first-order chi connectivity index (χ1) is 9.60. The highest BCUT2D eigenvalue weighted by Crippen LogP contribution is 2.37. The number of piperidine rings is 1. The average molecular weight is 281 g/mol. The zero-order chi connectivity index (χ0) is 14.7. The van der Waals surface area contributed by atoms with E-state index in [1.165, 1.54) is 13.4 Å². The molecule has 0 aliphatic carbocycles. The zero-order valence-electron chi connectivity index (χ0n) is 11.7. The monoisotopic (exact) mass is 281 g/mol. The molecule has 110 valence electrons. The Bertz CT molecular complexity index is 496. The van der Waals surface area contributed by atoms with E-state index in [0.29, 0.717) is 12.4 Å². The van der Waals surface area contributed by atoms with Gasteiger partial charge < -0.3 is 15.4 Å². The summed E-state index contributed by atoms with van der Waals surface area (Å²) >= 11 is 0. The molecular weight excluding hydrogens is 262 g/mol. The predicted octanol–water partition coefficient (Wildman–Crippen LogP) is 1.10. The summed E-state index contributed by atoms with van der Waals surface area (Å²) in [5.41, 5.74) is 5.61. The van der Waals surface area contributed by atoms with Gasteiger partial charge in [-0.25, -0.2) is 4.98 Å². The number of nitro groups is 1. The molecule has 1 fully saturated rings. The minimum Gasteiger partial charge on any atom is -0.476 e. The van der Waals surface area contributed by atoms with Crippen LogP contribution < -0.4 is 15.4 Å². The molecule has 0 aromatic carbocycles. The second-order valence-corrected chi connectivity index (χ2v) is 4.89. The van der Waals surface area contributed by atoms with Crippen LogP contribution in [0.25, 0.3) is 0 Å². The second-order valence-electron chi connectivity index (χ2n) is 4.89. The summed E-state index contributed by atoms with van der Waals surface area (Å²) in [5, 5.41) is 11.3. The number of ether oxygens (including phenoxy) is 1. The Morgan fingerprint density at radius 3 is 2.90 bits per heavy atom. The van der Waals surface area contributed by atoms with Crippen LogP contribution in [0.4, 0.5) is 11.5 Å². The Balaban J connectivity index is 2.52. The number of nitrogens with zero attached hydrogens (tertiary/aromatic N) is 4. The van der Waals surface area contributed by atoms with Gasteiger partial charge in [0.05, 0.1) is 12.0 Å². The third kappa shape index (κ3) is 2.51. The van der Waals surface area contributed by atoms with Crippen LogP contribution in [0.5, 0.6) is 5.88 Å². The number of rotatable bonds is 4. The van der Waals surface area contributed by atoms with Gasteiger partial charge in [0.1, 0.15) is 6.33 Å². The van der Waals surface area contributed by atoms with Crippen molar-refractivity contribution in [2.24, 2.45) is 5.73 Å². The standard InChI is InChI=1S/C12H19N5O3/c1-8-4-3-5-9(6-13)16(8)11-10(17(18)19)12(20-2)15-7-14-11/h7-9H,3-6,13H2,1-2H3. The maximum absolute atomic E-state index is 11.3. The van der Waals surface area contributed by atoms with E-state index in [-0.39, 0.29) is 23.7 Å². The van der Waals surface area contributed by atoms with E-state index in [2.05, 4.69) is 9.97 Å². The summed E-state index contributed by atoms with van der Waals surface area (Å²) in [7, 11) is 1.36. The average Bonchev–Trinajstić information content (AvgIpc) is 2.45. The normalized spacial score (nSPS) is 22.6. The van der Waals surface area contributed by atoms with E-state index in [0.717, 1.165) is 19.3 Å². The molecule has 1 aliphatic heterocycles. The lowest BCUT2D eigenvalue weighted by Gasteiger charge is -2.40. The molecule has 0 amide bonds. The van der Waals surface area contributed by atoms with Crippen LogP contribution in [-0.4, -0.2) is 40.6 Å². The first-order valence-electron chi connectivity index (χ1n) is 6.62. The summed E-state index contributed by atoms with van der Waals surface area (Å²) in [5.74, 6) is 0.276. The molecule has 1 aromatic rings. The smallest absolute Gasteiger partial charge is 0.372 e. The Morgan fingerprint density at radius 2 is 2.30 bits per heavy atom. The number of methoxy groups -OCH3 is 1. The number of nitrogens with two attached hydrogens (primary N) is 1. The van der Waals surface area contributed by atoms with Gasteiger partial charge >= 0.3 is 5.69 Å². The summed E-state index contributed by atoms with van der Waals surface area (Å²) in [6.45, 7) is 2.47. The van der Waals surface area contributed by atoms with Crippen LogP contribution in [-0.2, 0) is 0 Å². The van der Waals surface area contributed by atoms with E-state index >= 15 is 0 Å². The molecule has 2 unspecified atom stereocenters. The Hall–Kier alpha value is -1.96. The molecule has 0 bridgehead atoms. The summed E-state index contributed by atoms with van der Waals surface area (Å²) in [6.07, 6.45) is 4.22. The fourth-order valence-corrected chi connectivity index (χ4v) is 2.75. The van der Waals surface area contributed by atoms with E-state index in [1.54, 1.807) is 0 Å². The molecule has 0 saturated carbocycles. The molecule has 0 spiro atoms. The maximum Gasteiger partial charge on any atom is 0.372 e. The van der Waals surface area contributed by atoms with Gasteiger partial charge in [0.25, 0.3) is 5.88 Å². The van der Waals surface area contributed by atoms with E-state index in [9.17, 15) is 10.1 Å². The highest BCUT2D eigenvalue weighted by molar-refractivity contribution is 5.64. The molecule has 1 aliphatic rings. The van der Waals surface area contributed by atoms with Crippen LogP contribution in [0.3, 0.4) is 0 Å². The van der Waals surface area contributed by atoms with Gasteiger partial charge in [-0.3, -0.25) is 10.1 Å². The number of anilines is 1. The summed E-state index contributed by atoms with van der Waals surface area (Å²) in [6, 6.07) is 0.202. The minimum atomic E-state index is -0.497. The van der Waals surface area contributed by atoms with Crippen molar-refractivity contribution in [3.8, 4) is 5.88 Å². The molecular formula is C12H19N5O3. The van der Waals surface area contributed by atoms with Crippen molar-refractivity contribution in [3.05, 3.63) is 16.4 Å². The lowest BCUT2D eigenvalue weighted by Crippen LogP contribution is -2.49. The van der Waals surface area contributed by atoms with E-state index in [4.69, 9.17) is 10.5 Å². The molecule has 8 heteroatoms.